The summed E-state index contributed by atoms with van der Waals surface area (Å²) in [7, 11) is 0. The predicted octanol–water partition coefficient (Wildman–Crippen LogP) is 1.51. The van der Waals surface area contributed by atoms with Crippen LogP contribution in [-0.2, 0) is 25.7 Å². The van der Waals surface area contributed by atoms with Crippen molar-refractivity contribution in [3.63, 3.8) is 0 Å². The SMILES string of the molecule is O=C(CC(=O)OCc1ccccc1)CN1CC(CF)CC1=O. The molecular formula is C16H18FNO4. The molecule has 1 heterocycles. The predicted molar refractivity (Wildman–Crippen MR) is 76.5 cm³/mol. The van der Waals surface area contributed by atoms with E-state index in [1.165, 1.54) is 4.90 Å². The van der Waals surface area contributed by atoms with E-state index in [4.69, 9.17) is 4.74 Å². The molecule has 1 aliphatic rings. The molecule has 1 aliphatic heterocycles. The van der Waals surface area contributed by atoms with Crippen molar-refractivity contribution in [3.05, 3.63) is 35.9 Å². The molecule has 0 radical (unpaired) electrons. The van der Waals surface area contributed by atoms with Crippen molar-refractivity contribution in [1.82, 2.24) is 4.90 Å². The second kappa shape index (κ2) is 7.68. The fourth-order valence-electron chi connectivity index (χ4n) is 2.33. The zero-order valence-corrected chi connectivity index (χ0v) is 12.2. The molecule has 1 aromatic carbocycles. The molecule has 6 heteroatoms. The van der Waals surface area contributed by atoms with Crippen molar-refractivity contribution in [2.45, 2.75) is 19.4 Å². The highest BCUT2D eigenvalue weighted by Gasteiger charge is 2.30. The van der Waals surface area contributed by atoms with Crippen molar-refractivity contribution in [2.24, 2.45) is 5.92 Å². The largest absolute Gasteiger partial charge is 0.460 e. The number of ether oxygens (including phenoxy) is 1. The molecule has 118 valence electrons. The quantitative estimate of drug-likeness (QED) is 0.566. The number of halogens is 1. The standard InChI is InChI=1S/C16H18FNO4/c17-8-13-6-15(20)18(9-13)10-14(19)7-16(21)22-11-12-4-2-1-3-5-12/h1-5,13H,6-11H2. The van der Waals surface area contributed by atoms with Gasteiger partial charge in [0.2, 0.25) is 5.91 Å². The van der Waals surface area contributed by atoms with E-state index in [0.717, 1.165) is 5.56 Å². The number of likely N-dealkylation sites (tertiary alicyclic amines) is 1. The van der Waals surface area contributed by atoms with Crippen LogP contribution < -0.4 is 0 Å². The molecular weight excluding hydrogens is 289 g/mol. The first-order valence-electron chi connectivity index (χ1n) is 7.13. The van der Waals surface area contributed by atoms with E-state index in [1.54, 1.807) is 0 Å². The maximum Gasteiger partial charge on any atom is 0.313 e. The van der Waals surface area contributed by atoms with Crippen molar-refractivity contribution in [2.75, 3.05) is 19.8 Å². The van der Waals surface area contributed by atoms with Gasteiger partial charge in [0.05, 0.1) is 13.2 Å². The van der Waals surface area contributed by atoms with E-state index >= 15 is 0 Å². The van der Waals surface area contributed by atoms with Crippen LogP contribution >= 0.6 is 0 Å². The number of hydrogen-bond donors (Lipinski definition) is 0. The van der Waals surface area contributed by atoms with Crippen molar-refractivity contribution in [1.29, 1.82) is 0 Å². The van der Waals surface area contributed by atoms with Gasteiger partial charge in [-0.2, -0.15) is 0 Å². The summed E-state index contributed by atoms with van der Waals surface area (Å²) in [6, 6.07) is 9.14. The Hall–Kier alpha value is -2.24. The number of ketones is 1. The number of hydrogen-bond acceptors (Lipinski definition) is 4. The summed E-state index contributed by atoms with van der Waals surface area (Å²) in [4.78, 5) is 36.2. The molecule has 1 fully saturated rings. The van der Waals surface area contributed by atoms with Crippen LogP contribution in [0.4, 0.5) is 4.39 Å². The number of nitrogens with zero attached hydrogens (tertiary/aromatic N) is 1. The first kappa shape index (κ1) is 16.1. The second-order valence-corrected chi connectivity index (χ2v) is 5.36. The minimum absolute atomic E-state index is 0.111. The zero-order valence-electron chi connectivity index (χ0n) is 12.2. The van der Waals surface area contributed by atoms with E-state index < -0.39 is 18.4 Å². The summed E-state index contributed by atoms with van der Waals surface area (Å²) in [5, 5.41) is 0. The molecule has 1 unspecified atom stereocenters. The Labute approximate surface area is 128 Å². The van der Waals surface area contributed by atoms with E-state index in [9.17, 15) is 18.8 Å². The molecule has 0 bridgehead atoms. The fourth-order valence-corrected chi connectivity index (χ4v) is 2.33. The molecule has 0 saturated carbocycles. The molecule has 2 rings (SSSR count). The maximum absolute atomic E-state index is 12.5. The summed E-state index contributed by atoms with van der Waals surface area (Å²) in [6.45, 7) is -0.384. The average molecular weight is 307 g/mol. The number of alkyl halides is 1. The van der Waals surface area contributed by atoms with Crippen LogP contribution in [-0.4, -0.2) is 42.3 Å². The first-order valence-corrected chi connectivity index (χ1v) is 7.13. The second-order valence-electron chi connectivity index (χ2n) is 5.36. The minimum Gasteiger partial charge on any atom is -0.460 e. The molecule has 0 aromatic heterocycles. The lowest BCUT2D eigenvalue weighted by Gasteiger charge is -2.14. The smallest absolute Gasteiger partial charge is 0.313 e. The van der Waals surface area contributed by atoms with Gasteiger partial charge in [-0.1, -0.05) is 30.3 Å². The van der Waals surface area contributed by atoms with Crippen LogP contribution in [0.2, 0.25) is 0 Å². The number of carbonyl (C=O) groups is 3. The van der Waals surface area contributed by atoms with Gasteiger partial charge in [0, 0.05) is 18.9 Å². The zero-order chi connectivity index (χ0) is 15.9. The van der Waals surface area contributed by atoms with E-state index in [1.807, 2.05) is 30.3 Å². The molecule has 0 N–H and O–H groups in total. The summed E-state index contributed by atoms with van der Waals surface area (Å²) < 4.78 is 17.5. The molecule has 1 atom stereocenters. The summed E-state index contributed by atoms with van der Waals surface area (Å²) >= 11 is 0. The summed E-state index contributed by atoms with van der Waals surface area (Å²) in [5.41, 5.74) is 0.837. The van der Waals surface area contributed by atoms with E-state index in [-0.39, 0.29) is 44.4 Å². The Balaban J connectivity index is 1.72. The summed E-state index contributed by atoms with van der Waals surface area (Å²) in [5.74, 6) is -1.60. The Bertz CT molecular complexity index is 546. The number of esters is 1. The van der Waals surface area contributed by atoms with Gasteiger partial charge in [0.15, 0.2) is 5.78 Å². The lowest BCUT2D eigenvalue weighted by Crippen LogP contribution is -2.32. The van der Waals surface area contributed by atoms with E-state index in [0.29, 0.717) is 0 Å². The van der Waals surface area contributed by atoms with Gasteiger partial charge in [0.1, 0.15) is 13.0 Å². The van der Waals surface area contributed by atoms with Crippen LogP contribution in [0, 0.1) is 5.92 Å². The normalized spacial score (nSPS) is 17.6. The van der Waals surface area contributed by atoms with Gasteiger partial charge in [-0.15, -0.1) is 0 Å². The van der Waals surface area contributed by atoms with Crippen LogP contribution in [0.5, 0.6) is 0 Å². The highest BCUT2D eigenvalue weighted by Crippen LogP contribution is 2.18. The van der Waals surface area contributed by atoms with Crippen molar-refractivity contribution < 1.29 is 23.5 Å². The molecule has 0 spiro atoms. The Morgan fingerprint density at radius 3 is 2.64 bits per heavy atom. The first-order chi connectivity index (χ1) is 10.6. The molecule has 1 amide bonds. The maximum atomic E-state index is 12.5. The number of Topliss-reactive ketones (excluding diaryl/α,β-unsaturated/α-hetero) is 1. The van der Waals surface area contributed by atoms with Crippen molar-refractivity contribution in [3.8, 4) is 0 Å². The lowest BCUT2D eigenvalue weighted by atomic mass is 10.1. The van der Waals surface area contributed by atoms with Crippen LogP contribution in [0.25, 0.3) is 0 Å². The number of carbonyl (C=O) groups excluding carboxylic acids is 3. The average Bonchev–Trinajstić information content (AvgIpc) is 2.86. The molecule has 1 aromatic rings. The molecule has 22 heavy (non-hydrogen) atoms. The third-order valence-corrected chi connectivity index (χ3v) is 3.46. The molecule has 5 nitrogen and oxygen atoms in total. The van der Waals surface area contributed by atoms with Gasteiger partial charge < -0.3 is 9.64 Å². The minimum atomic E-state index is -0.623. The van der Waals surface area contributed by atoms with Crippen molar-refractivity contribution >= 4 is 17.7 Å². The number of benzene rings is 1. The van der Waals surface area contributed by atoms with E-state index in [2.05, 4.69) is 0 Å². The van der Waals surface area contributed by atoms with Gasteiger partial charge >= 0.3 is 5.97 Å². The third-order valence-electron chi connectivity index (χ3n) is 3.46. The highest BCUT2D eigenvalue weighted by atomic mass is 19.1. The number of amides is 1. The summed E-state index contributed by atoms with van der Waals surface area (Å²) in [6.07, 6.45) is -0.251. The monoisotopic (exact) mass is 307 g/mol. The Morgan fingerprint density at radius 2 is 2.00 bits per heavy atom. The number of rotatable bonds is 7. The Morgan fingerprint density at radius 1 is 1.27 bits per heavy atom. The van der Waals surface area contributed by atoms with Gasteiger partial charge in [-0.3, -0.25) is 18.8 Å². The highest BCUT2D eigenvalue weighted by molar-refractivity contribution is 5.98. The van der Waals surface area contributed by atoms with Gasteiger partial charge in [-0.25, -0.2) is 0 Å². The van der Waals surface area contributed by atoms with Crippen LogP contribution in [0.1, 0.15) is 18.4 Å². The Kier molecular flexibility index (Phi) is 5.63. The lowest BCUT2D eigenvalue weighted by molar-refractivity contribution is -0.148. The van der Waals surface area contributed by atoms with Crippen LogP contribution in [0.3, 0.4) is 0 Å². The van der Waals surface area contributed by atoms with Crippen LogP contribution in [0.15, 0.2) is 30.3 Å². The topological polar surface area (TPSA) is 63.7 Å². The fraction of sp³-hybridized carbons (Fsp3) is 0.438. The van der Waals surface area contributed by atoms with Gasteiger partial charge in [-0.05, 0) is 5.56 Å². The molecule has 1 saturated heterocycles. The third kappa shape index (κ3) is 4.65. The molecule has 0 aliphatic carbocycles. The van der Waals surface area contributed by atoms with Gasteiger partial charge in [0.25, 0.3) is 0 Å².